The highest BCUT2D eigenvalue weighted by Crippen LogP contribution is 2.43. The summed E-state index contributed by atoms with van der Waals surface area (Å²) in [6.07, 6.45) is 17.2. The van der Waals surface area contributed by atoms with Gasteiger partial charge in [-0.2, -0.15) is 0 Å². The Hall–Kier alpha value is 0.0969. The minimum absolute atomic E-state index is 0.730. The van der Waals surface area contributed by atoms with Crippen LogP contribution >= 0.6 is 0 Å². The highest BCUT2D eigenvalue weighted by Gasteiger charge is 2.42. The van der Waals surface area contributed by atoms with Crippen molar-refractivity contribution < 1.29 is 13.3 Å². The van der Waals surface area contributed by atoms with Crippen LogP contribution in [0.2, 0.25) is 6.04 Å². The van der Waals surface area contributed by atoms with Crippen molar-refractivity contribution in [3.63, 3.8) is 0 Å². The van der Waals surface area contributed by atoms with Crippen molar-refractivity contribution in [2.24, 2.45) is 23.7 Å². The lowest BCUT2D eigenvalue weighted by atomic mass is 9.69. The molecule has 3 nitrogen and oxygen atoms in total. The van der Waals surface area contributed by atoms with E-state index >= 15 is 0 Å². The number of rotatable bonds is 10. The Kier molecular flexibility index (Phi) is 9.46. The van der Waals surface area contributed by atoms with Crippen molar-refractivity contribution in [1.29, 1.82) is 0 Å². The van der Waals surface area contributed by atoms with Gasteiger partial charge in [0, 0.05) is 27.4 Å². The summed E-state index contributed by atoms with van der Waals surface area (Å²) in [5, 5.41) is 0. The van der Waals surface area contributed by atoms with Gasteiger partial charge in [0.2, 0.25) is 0 Å². The molecule has 0 saturated heterocycles. The Bertz CT molecular complexity index is 335. The van der Waals surface area contributed by atoms with E-state index in [1.807, 2.05) is 0 Å². The first-order valence-corrected chi connectivity index (χ1v) is 12.7. The maximum atomic E-state index is 5.63. The van der Waals surface area contributed by atoms with Crippen LogP contribution in [0.15, 0.2) is 0 Å². The zero-order valence-corrected chi connectivity index (χ0v) is 18.2. The highest BCUT2D eigenvalue weighted by molar-refractivity contribution is 6.60. The molecule has 0 N–H and O–H groups in total. The maximum Gasteiger partial charge on any atom is 0.500 e. The second kappa shape index (κ2) is 11.1. The van der Waals surface area contributed by atoms with Gasteiger partial charge in [0.1, 0.15) is 0 Å². The molecule has 0 aromatic carbocycles. The van der Waals surface area contributed by atoms with Gasteiger partial charge in [0.15, 0.2) is 0 Å². The van der Waals surface area contributed by atoms with Gasteiger partial charge in [-0.25, -0.2) is 0 Å². The van der Waals surface area contributed by atoms with E-state index in [-0.39, 0.29) is 0 Å². The largest absolute Gasteiger partial charge is 0.500 e. The first-order chi connectivity index (χ1) is 12.2. The third kappa shape index (κ3) is 6.33. The van der Waals surface area contributed by atoms with Crippen LogP contribution in [0.4, 0.5) is 0 Å². The number of hydrogen-bond acceptors (Lipinski definition) is 3. The molecule has 0 aliphatic heterocycles. The molecule has 25 heavy (non-hydrogen) atoms. The van der Waals surface area contributed by atoms with Crippen molar-refractivity contribution in [1.82, 2.24) is 0 Å². The molecule has 148 valence electrons. The molecule has 0 atom stereocenters. The zero-order chi connectivity index (χ0) is 18.1. The molecule has 0 spiro atoms. The molecule has 0 unspecified atom stereocenters. The smallest absolute Gasteiger partial charge is 0.377 e. The normalized spacial score (nSPS) is 31.2. The Morgan fingerprint density at radius 1 is 0.680 bits per heavy atom. The van der Waals surface area contributed by atoms with Gasteiger partial charge in [0.25, 0.3) is 0 Å². The van der Waals surface area contributed by atoms with Gasteiger partial charge >= 0.3 is 8.80 Å². The summed E-state index contributed by atoms with van der Waals surface area (Å²) in [5.74, 6) is 3.76. The molecule has 4 heteroatoms. The van der Waals surface area contributed by atoms with Crippen molar-refractivity contribution in [2.45, 2.75) is 90.0 Å². The van der Waals surface area contributed by atoms with Gasteiger partial charge in [-0.1, -0.05) is 58.3 Å². The quantitative estimate of drug-likeness (QED) is 0.346. The second-order valence-electron chi connectivity index (χ2n) is 8.56. The van der Waals surface area contributed by atoms with Crippen molar-refractivity contribution >= 4 is 8.80 Å². The zero-order valence-electron chi connectivity index (χ0n) is 17.2. The molecule has 2 aliphatic rings. The van der Waals surface area contributed by atoms with Crippen molar-refractivity contribution in [3.05, 3.63) is 0 Å². The summed E-state index contributed by atoms with van der Waals surface area (Å²) in [7, 11) is 2.83. The summed E-state index contributed by atoms with van der Waals surface area (Å²) in [5.41, 5.74) is 0. The summed E-state index contributed by atoms with van der Waals surface area (Å²) in [4.78, 5) is 0. The lowest BCUT2D eigenvalue weighted by Gasteiger charge is -2.39. The molecule has 2 aliphatic carbocycles. The van der Waals surface area contributed by atoms with Gasteiger partial charge < -0.3 is 13.3 Å². The van der Waals surface area contributed by atoms with Crippen LogP contribution < -0.4 is 0 Å². The van der Waals surface area contributed by atoms with Crippen LogP contribution in [0, 0.1) is 23.7 Å². The molecule has 2 fully saturated rings. The standard InChI is InChI=1S/C21H42O3Si/c1-5-6-7-8-18-9-13-20(14-10-18)21-15-11-19(12-16-21)17-25(22-2,23-3)24-4/h18-21H,5-17H2,1-4H3/t18-,19-,20-,21-. The molecule has 0 amide bonds. The van der Waals surface area contributed by atoms with Gasteiger partial charge in [-0.15, -0.1) is 0 Å². The highest BCUT2D eigenvalue weighted by atomic mass is 28.4. The monoisotopic (exact) mass is 370 g/mol. The third-order valence-corrected chi connectivity index (χ3v) is 10.1. The van der Waals surface area contributed by atoms with Crippen LogP contribution in [-0.2, 0) is 13.3 Å². The van der Waals surface area contributed by atoms with Crippen LogP contribution in [0.5, 0.6) is 0 Å². The van der Waals surface area contributed by atoms with Gasteiger partial charge in [-0.3, -0.25) is 0 Å². The fraction of sp³-hybridized carbons (Fsp3) is 1.00. The summed E-state index contributed by atoms with van der Waals surface area (Å²) in [6.45, 7) is 2.31. The summed E-state index contributed by atoms with van der Waals surface area (Å²) < 4.78 is 16.9. The predicted octanol–water partition coefficient (Wildman–Crippen LogP) is 6.06. The Morgan fingerprint density at radius 2 is 1.16 bits per heavy atom. The van der Waals surface area contributed by atoms with Crippen LogP contribution in [0.25, 0.3) is 0 Å². The Labute approximate surface area is 157 Å². The molecule has 0 radical (unpaired) electrons. The molecule has 0 aromatic rings. The summed E-state index contributed by atoms with van der Waals surface area (Å²) >= 11 is 0. The lowest BCUT2D eigenvalue weighted by molar-refractivity contribution is 0.105. The first kappa shape index (κ1) is 21.4. The van der Waals surface area contributed by atoms with Crippen molar-refractivity contribution in [2.75, 3.05) is 21.3 Å². The summed E-state index contributed by atoms with van der Waals surface area (Å²) in [6, 6.07) is 0.993. The van der Waals surface area contributed by atoms with Crippen LogP contribution in [0.3, 0.4) is 0 Å². The van der Waals surface area contributed by atoms with Crippen LogP contribution in [0.1, 0.15) is 84.0 Å². The van der Waals surface area contributed by atoms with E-state index in [4.69, 9.17) is 13.3 Å². The SMILES string of the molecule is CCCCC[C@H]1CC[C@H]([C@H]2CC[C@H](C[Si](OC)(OC)OC)CC2)CC1. The Balaban J connectivity index is 1.69. The molecule has 2 saturated carbocycles. The predicted molar refractivity (Wildman–Crippen MR) is 107 cm³/mol. The van der Waals surface area contributed by atoms with Crippen molar-refractivity contribution in [3.8, 4) is 0 Å². The van der Waals surface area contributed by atoms with E-state index in [0.717, 1.165) is 29.7 Å². The average molecular weight is 371 g/mol. The van der Waals surface area contributed by atoms with Crippen LogP contribution in [-0.4, -0.2) is 30.1 Å². The molecule has 0 heterocycles. The van der Waals surface area contributed by atoms with E-state index in [1.54, 1.807) is 21.3 Å². The fourth-order valence-electron chi connectivity index (χ4n) is 5.35. The Morgan fingerprint density at radius 3 is 1.60 bits per heavy atom. The maximum absolute atomic E-state index is 5.63. The molecule has 2 rings (SSSR count). The molecule has 0 aromatic heterocycles. The first-order valence-electron chi connectivity index (χ1n) is 10.8. The minimum Gasteiger partial charge on any atom is -0.377 e. The van der Waals surface area contributed by atoms with Gasteiger partial charge in [-0.05, 0) is 49.4 Å². The number of hydrogen-bond donors (Lipinski definition) is 0. The second-order valence-corrected chi connectivity index (χ2v) is 11.6. The van der Waals surface area contributed by atoms with E-state index < -0.39 is 8.80 Å². The third-order valence-electron chi connectivity index (χ3n) is 7.14. The van der Waals surface area contributed by atoms with Gasteiger partial charge in [0.05, 0.1) is 0 Å². The average Bonchev–Trinajstić information content (AvgIpc) is 2.68. The number of unbranched alkanes of at least 4 members (excludes halogenated alkanes) is 2. The molecule has 0 bridgehead atoms. The lowest BCUT2D eigenvalue weighted by Crippen LogP contribution is -2.45. The molecular weight excluding hydrogens is 328 g/mol. The molecular formula is C21H42O3Si. The fourth-order valence-corrected chi connectivity index (χ4v) is 7.46. The van der Waals surface area contributed by atoms with E-state index in [0.29, 0.717) is 0 Å². The topological polar surface area (TPSA) is 27.7 Å². The van der Waals surface area contributed by atoms with E-state index in [2.05, 4.69) is 6.92 Å². The van der Waals surface area contributed by atoms with E-state index in [1.165, 1.54) is 77.0 Å². The minimum atomic E-state index is -2.39. The van der Waals surface area contributed by atoms with E-state index in [9.17, 15) is 0 Å².